The zero-order valence-electron chi connectivity index (χ0n) is 14.7. The Kier molecular flexibility index (Phi) is 7.42. The van der Waals surface area contributed by atoms with Gasteiger partial charge in [0.05, 0.1) is 28.5 Å². The maximum absolute atomic E-state index is 6.43. The number of aromatic nitrogens is 2. The third kappa shape index (κ3) is 4.94. The van der Waals surface area contributed by atoms with E-state index in [1.54, 1.807) is 0 Å². The molecule has 128 valence electrons. The molecule has 0 N–H and O–H groups in total. The van der Waals surface area contributed by atoms with Crippen molar-refractivity contribution in [3.8, 4) is 5.88 Å². The van der Waals surface area contributed by atoms with E-state index in [1.807, 2.05) is 11.6 Å². The minimum Gasteiger partial charge on any atom is -0.476 e. The Balaban J connectivity index is 2.88. The van der Waals surface area contributed by atoms with Crippen LogP contribution in [0.1, 0.15) is 40.3 Å². The minimum absolute atomic E-state index is 0.129. The highest BCUT2D eigenvalue weighted by Crippen LogP contribution is 2.37. The predicted molar refractivity (Wildman–Crippen MR) is 106 cm³/mol. The van der Waals surface area contributed by atoms with Crippen molar-refractivity contribution < 1.29 is 9.16 Å². The van der Waals surface area contributed by atoms with Crippen LogP contribution in [0.4, 0.5) is 0 Å². The number of halogens is 2. The van der Waals surface area contributed by atoms with Gasteiger partial charge in [-0.15, -0.1) is 5.10 Å². The molecule has 0 spiro atoms. The van der Waals surface area contributed by atoms with E-state index >= 15 is 0 Å². The summed E-state index contributed by atoms with van der Waals surface area (Å²) in [5.41, 5.74) is 1.15. The number of rotatable bonds is 7. The van der Waals surface area contributed by atoms with Crippen LogP contribution in [0.5, 0.6) is 5.88 Å². The molecule has 0 aliphatic rings. The number of ether oxygens (including phenoxy) is 1. The highest BCUT2D eigenvalue weighted by molar-refractivity contribution is 14.1. The summed E-state index contributed by atoms with van der Waals surface area (Å²) >= 11 is 5.86. The van der Waals surface area contributed by atoms with Gasteiger partial charge in [0.25, 0.3) is 0 Å². The van der Waals surface area contributed by atoms with E-state index in [2.05, 4.69) is 84.4 Å². The summed E-state index contributed by atoms with van der Waals surface area (Å²) in [6.45, 7) is 16.8. The summed E-state index contributed by atoms with van der Waals surface area (Å²) in [6.07, 6.45) is 0.129. The minimum atomic E-state index is -1.76. The van der Waals surface area contributed by atoms with Crippen molar-refractivity contribution in [2.75, 3.05) is 6.61 Å². The van der Waals surface area contributed by atoms with E-state index < -0.39 is 8.32 Å². The Bertz CT molecular complexity index is 500. The van der Waals surface area contributed by atoms with E-state index in [0.29, 0.717) is 6.61 Å². The molecule has 0 radical (unpaired) electrons. The second kappa shape index (κ2) is 7.98. The predicted octanol–water partition coefficient (Wildman–Crippen LogP) is 5.19. The van der Waals surface area contributed by atoms with Crippen LogP contribution in [-0.4, -0.2) is 30.8 Å². The van der Waals surface area contributed by atoms with Crippen molar-refractivity contribution in [1.82, 2.24) is 9.78 Å². The lowest BCUT2D eigenvalue weighted by Gasteiger charge is -2.38. The molecule has 4 nitrogen and oxygen atoms in total. The van der Waals surface area contributed by atoms with Crippen LogP contribution in [0.25, 0.3) is 0 Å². The lowest BCUT2D eigenvalue weighted by molar-refractivity contribution is 0.172. The fraction of sp³-hybridized carbons (Fsp3) is 0.800. The van der Waals surface area contributed by atoms with E-state index in [4.69, 9.17) is 9.16 Å². The third-order valence-electron chi connectivity index (χ3n) is 4.10. The molecule has 1 aromatic heterocycles. The van der Waals surface area contributed by atoms with Crippen LogP contribution in [0.15, 0.2) is 0 Å². The summed E-state index contributed by atoms with van der Waals surface area (Å²) in [6, 6.07) is 0. The molecule has 0 fully saturated rings. The van der Waals surface area contributed by atoms with Gasteiger partial charge < -0.3 is 9.16 Å². The average molecular weight is 503 g/mol. The lowest BCUT2D eigenvalue weighted by atomic mass is 10.2. The Morgan fingerprint density at radius 3 is 2.41 bits per heavy atom. The first-order valence-corrected chi connectivity index (χ1v) is 12.8. The summed E-state index contributed by atoms with van der Waals surface area (Å²) in [5.74, 6) is 0.720. The van der Waals surface area contributed by atoms with Crippen LogP contribution < -0.4 is 4.74 Å². The van der Waals surface area contributed by atoms with E-state index in [9.17, 15) is 0 Å². The molecule has 1 heterocycles. The van der Waals surface area contributed by atoms with Crippen molar-refractivity contribution in [3.05, 3.63) is 9.26 Å². The Labute approximate surface area is 157 Å². The van der Waals surface area contributed by atoms with E-state index in [1.165, 1.54) is 0 Å². The first-order valence-electron chi connectivity index (χ1n) is 7.65. The molecular weight excluding hydrogens is 475 g/mol. The molecule has 0 unspecified atom stereocenters. The van der Waals surface area contributed by atoms with Gasteiger partial charge in [-0.05, 0) is 54.6 Å². The van der Waals surface area contributed by atoms with Crippen molar-refractivity contribution in [2.24, 2.45) is 0 Å². The van der Waals surface area contributed by atoms with Crippen LogP contribution >= 0.6 is 38.5 Å². The van der Waals surface area contributed by atoms with Crippen molar-refractivity contribution in [3.63, 3.8) is 0 Å². The number of nitrogens with zero attached hydrogens (tertiary/aromatic N) is 2. The summed E-state index contributed by atoms with van der Waals surface area (Å²) in [7, 11) is -1.76. The number of hydrogen-bond donors (Lipinski definition) is 0. The van der Waals surface area contributed by atoms with E-state index in [-0.39, 0.29) is 11.1 Å². The lowest BCUT2D eigenvalue weighted by Crippen LogP contribution is -2.44. The maximum atomic E-state index is 6.43. The van der Waals surface area contributed by atoms with Crippen molar-refractivity contribution >= 4 is 46.8 Å². The second-order valence-electron chi connectivity index (χ2n) is 7.00. The topological polar surface area (TPSA) is 36.3 Å². The second-order valence-corrected chi connectivity index (χ2v) is 13.4. The fourth-order valence-corrected chi connectivity index (χ4v) is 5.18. The van der Waals surface area contributed by atoms with Crippen molar-refractivity contribution in [1.29, 1.82) is 0 Å². The quantitative estimate of drug-likeness (QED) is 0.292. The Morgan fingerprint density at radius 1 is 1.36 bits per heavy atom. The van der Waals surface area contributed by atoms with Crippen LogP contribution in [-0.2, 0) is 16.3 Å². The molecule has 1 aromatic rings. The standard InChI is InChI=1S/C15H28BrIN2O2Si/c1-8-20-14-13(17)12(9-16)19(18-14)10-11(2)21-22(6,7)15(3,4)5/h11H,8-10H2,1-7H3/t11-/m0/s1. The highest BCUT2D eigenvalue weighted by Gasteiger charge is 2.38. The molecular formula is C15H28BrIN2O2Si. The average Bonchev–Trinajstić information content (AvgIpc) is 2.63. The summed E-state index contributed by atoms with van der Waals surface area (Å²) in [5, 5.41) is 5.57. The smallest absolute Gasteiger partial charge is 0.246 e. The fourth-order valence-electron chi connectivity index (χ4n) is 1.92. The van der Waals surface area contributed by atoms with Crippen LogP contribution in [0.3, 0.4) is 0 Å². The monoisotopic (exact) mass is 502 g/mol. The van der Waals surface area contributed by atoms with Gasteiger partial charge in [0.2, 0.25) is 5.88 Å². The normalized spacial score (nSPS) is 14.2. The van der Waals surface area contributed by atoms with Crippen LogP contribution in [0.2, 0.25) is 18.1 Å². The third-order valence-corrected chi connectivity index (χ3v) is 10.3. The summed E-state index contributed by atoms with van der Waals surface area (Å²) < 4.78 is 15.1. The highest BCUT2D eigenvalue weighted by atomic mass is 127. The van der Waals surface area contributed by atoms with Gasteiger partial charge in [-0.2, -0.15) is 0 Å². The SMILES string of the molecule is CCOc1nn(C[C@H](C)O[Si](C)(C)C(C)(C)C)c(CBr)c1I. The first kappa shape index (κ1) is 20.4. The summed E-state index contributed by atoms with van der Waals surface area (Å²) in [4.78, 5) is 0. The van der Waals surface area contributed by atoms with Gasteiger partial charge in [-0.1, -0.05) is 36.7 Å². The molecule has 1 atom stereocenters. The Hall–Kier alpha value is 0.397. The van der Waals surface area contributed by atoms with Gasteiger partial charge in [0, 0.05) is 5.33 Å². The van der Waals surface area contributed by atoms with Crippen LogP contribution in [0, 0.1) is 3.57 Å². The molecule has 0 aliphatic carbocycles. The zero-order chi connectivity index (χ0) is 17.1. The van der Waals surface area contributed by atoms with Gasteiger partial charge in [-0.3, -0.25) is 4.68 Å². The number of hydrogen-bond acceptors (Lipinski definition) is 3. The molecule has 0 saturated carbocycles. The van der Waals surface area contributed by atoms with Gasteiger partial charge in [0.15, 0.2) is 8.32 Å². The van der Waals surface area contributed by atoms with Gasteiger partial charge in [0.1, 0.15) is 0 Å². The van der Waals surface area contributed by atoms with Gasteiger partial charge >= 0.3 is 0 Å². The Morgan fingerprint density at radius 2 is 1.95 bits per heavy atom. The number of alkyl halides is 1. The zero-order valence-corrected chi connectivity index (χ0v) is 19.4. The largest absolute Gasteiger partial charge is 0.476 e. The molecule has 0 saturated heterocycles. The molecule has 22 heavy (non-hydrogen) atoms. The van der Waals surface area contributed by atoms with E-state index in [0.717, 1.165) is 27.0 Å². The van der Waals surface area contributed by atoms with Gasteiger partial charge in [-0.25, -0.2) is 0 Å². The first-order chi connectivity index (χ1) is 10.0. The molecule has 0 aromatic carbocycles. The molecule has 0 aliphatic heterocycles. The molecule has 7 heteroatoms. The molecule has 0 bridgehead atoms. The molecule has 1 rings (SSSR count). The maximum Gasteiger partial charge on any atom is 0.246 e. The molecule has 0 amide bonds. The van der Waals surface area contributed by atoms with Crippen molar-refractivity contribution in [2.45, 2.75) is 70.7 Å².